The van der Waals surface area contributed by atoms with Crippen molar-refractivity contribution in [1.82, 2.24) is 5.06 Å². The molecule has 2 saturated carbocycles. The summed E-state index contributed by atoms with van der Waals surface area (Å²) < 4.78 is 0. The van der Waals surface area contributed by atoms with Gasteiger partial charge in [0, 0.05) is 13.0 Å². The number of rotatable bonds is 4. The van der Waals surface area contributed by atoms with E-state index in [-0.39, 0.29) is 11.8 Å². The first-order valence-electron chi connectivity index (χ1n) is 5.93. The Hall–Kier alpha value is -0.570. The van der Waals surface area contributed by atoms with E-state index in [0.717, 1.165) is 24.2 Å². The zero-order valence-corrected chi connectivity index (χ0v) is 9.90. The molecule has 2 rings (SSSR count). The maximum Gasteiger partial charge on any atom is 0.248 e. The lowest BCUT2D eigenvalue weighted by atomic mass is 9.91. The first-order valence-corrected chi connectivity index (χ1v) is 5.93. The summed E-state index contributed by atoms with van der Waals surface area (Å²) in [7, 11) is 3.22. The van der Waals surface area contributed by atoms with Gasteiger partial charge in [0.05, 0.1) is 7.11 Å². The third kappa shape index (κ3) is 2.33. The van der Waals surface area contributed by atoms with E-state index in [0.29, 0.717) is 0 Å². The number of hydroxylamine groups is 2. The number of nitrogens with zero attached hydrogens (tertiary/aromatic N) is 1. The topological polar surface area (TPSA) is 29.5 Å². The molecule has 2 aliphatic carbocycles. The zero-order chi connectivity index (χ0) is 11.0. The number of amides is 1. The predicted molar refractivity (Wildman–Crippen MR) is 57.9 cm³/mol. The molecule has 1 amide bonds. The van der Waals surface area contributed by atoms with Crippen LogP contribution in [0.1, 0.15) is 32.6 Å². The second-order valence-corrected chi connectivity index (χ2v) is 5.25. The van der Waals surface area contributed by atoms with Crippen molar-refractivity contribution in [3.63, 3.8) is 0 Å². The molecule has 15 heavy (non-hydrogen) atoms. The molecule has 0 aromatic heterocycles. The van der Waals surface area contributed by atoms with Crippen LogP contribution >= 0.6 is 0 Å². The van der Waals surface area contributed by atoms with Gasteiger partial charge in [0.2, 0.25) is 5.91 Å². The van der Waals surface area contributed by atoms with Crippen molar-refractivity contribution < 1.29 is 9.63 Å². The first-order chi connectivity index (χ1) is 7.11. The Morgan fingerprint density at radius 2 is 2.00 bits per heavy atom. The van der Waals surface area contributed by atoms with Crippen LogP contribution in [-0.2, 0) is 9.63 Å². The van der Waals surface area contributed by atoms with Gasteiger partial charge in [-0.25, -0.2) is 5.06 Å². The van der Waals surface area contributed by atoms with Gasteiger partial charge in [-0.3, -0.25) is 9.63 Å². The Bertz CT molecular complexity index is 244. The lowest BCUT2D eigenvalue weighted by Gasteiger charge is -2.21. The molecule has 2 fully saturated rings. The second kappa shape index (κ2) is 4.12. The molecule has 4 atom stereocenters. The van der Waals surface area contributed by atoms with E-state index >= 15 is 0 Å². The van der Waals surface area contributed by atoms with Gasteiger partial charge in [-0.1, -0.05) is 6.92 Å². The van der Waals surface area contributed by atoms with Gasteiger partial charge in [-0.15, -0.1) is 0 Å². The quantitative estimate of drug-likeness (QED) is 0.666. The maximum absolute atomic E-state index is 11.8. The Morgan fingerprint density at radius 1 is 1.40 bits per heavy atom. The van der Waals surface area contributed by atoms with Gasteiger partial charge in [0.25, 0.3) is 0 Å². The van der Waals surface area contributed by atoms with E-state index in [1.54, 1.807) is 7.05 Å². The van der Waals surface area contributed by atoms with E-state index in [9.17, 15) is 4.79 Å². The van der Waals surface area contributed by atoms with Crippen molar-refractivity contribution in [3.05, 3.63) is 0 Å². The molecule has 0 bridgehead atoms. The predicted octanol–water partition coefficient (Wildman–Crippen LogP) is 2.08. The molecule has 1 unspecified atom stereocenters. The van der Waals surface area contributed by atoms with Crippen molar-refractivity contribution >= 4 is 5.91 Å². The highest BCUT2D eigenvalue weighted by atomic mass is 16.7. The fraction of sp³-hybridized carbons (Fsp3) is 0.917. The number of hydrogen-bond donors (Lipinski definition) is 0. The number of fused-ring (bicyclic) bond motifs is 1. The lowest BCUT2D eigenvalue weighted by molar-refractivity contribution is -0.173. The maximum atomic E-state index is 11.8. The van der Waals surface area contributed by atoms with E-state index in [4.69, 9.17) is 4.84 Å². The molecule has 0 N–H and O–H groups in total. The van der Waals surface area contributed by atoms with Crippen LogP contribution in [-0.4, -0.2) is 25.1 Å². The summed E-state index contributed by atoms with van der Waals surface area (Å²) in [6, 6.07) is 0. The molecule has 0 saturated heterocycles. The van der Waals surface area contributed by atoms with Gasteiger partial charge in [-0.05, 0) is 43.4 Å². The molecule has 0 aromatic carbocycles. The Kier molecular flexibility index (Phi) is 3.01. The van der Waals surface area contributed by atoms with Gasteiger partial charge in [-0.2, -0.15) is 0 Å². The smallest absolute Gasteiger partial charge is 0.248 e. The summed E-state index contributed by atoms with van der Waals surface area (Å²) in [5.41, 5.74) is 0. The number of carbonyl (C=O) groups excluding carboxylic acids is 1. The summed E-state index contributed by atoms with van der Waals surface area (Å²) in [5, 5.41) is 1.35. The Morgan fingerprint density at radius 3 is 2.53 bits per heavy atom. The van der Waals surface area contributed by atoms with Crippen LogP contribution in [0.2, 0.25) is 0 Å². The molecule has 2 aliphatic rings. The Labute approximate surface area is 91.7 Å². The van der Waals surface area contributed by atoms with Crippen molar-refractivity contribution in [2.75, 3.05) is 14.2 Å². The lowest BCUT2D eigenvalue weighted by Crippen LogP contribution is -2.31. The molecule has 0 spiro atoms. The minimum atomic E-state index is 0.109. The van der Waals surface area contributed by atoms with Gasteiger partial charge in [0.15, 0.2) is 0 Å². The van der Waals surface area contributed by atoms with E-state index < -0.39 is 0 Å². The van der Waals surface area contributed by atoms with E-state index in [1.165, 1.54) is 31.4 Å². The molecule has 0 aliphatic heterocycles. The van der Waals surface area contributed by atoms with Crippen molar-refractivity contribution in [2.24, 2.45) is 23.7 Å². The molecule has 0 heterocycles. The van der Waals surface area contributed by atoms with Crippen LogP contribution in [0.25, 0.3) is 0 Å². The van der Waals surface area contributed by atoms with Gasteiger partial charge in [0.1, 0.15) is 0 Å². The monoisotopic (exact) mass is 211 g/mol. The van der Waals surface area contributed by atoms with Crippen molar-refractivity contribution in [3.8, 4) is 0 Å². The van der Waals surface area contributed by atoms with Crippen molar-refractivity contribution in [1.29, 1.82) is 0 Å². The second-order valence-electron chi connectivity index (χ2n) is 5.25. The van der Waals surface area contributed by atoms with Crippen LogP contribution in [0, 0.1) is 23.7 Å². The fourth-order valence-electron chi connectivity index (χ4n) is 3.03. The first kappa shape index (κ1) is 10.9. The summed E-state index contributed by atoms with van der Waals surface area (Å²) in [6.07, 6.45) is 5.22. The van der Waals surface area contributed by atoms with Crippen LogP contribution in [0.4, 0.5) is 0 Å². The average molecular weight is 211 g/mol. The summed E-state index contributed by atoms with van der Waals surface area (Å²) in [5.74, 6) is 3.03. The van der Waals surface area contributed by atoms with E-state index in [2.05, 4.69) is 0 Å². The normalized spacial score (nSPS) is 34.7. The highest BCUT2D eigenvalue weighted by molar-refractivity contribution is 5.77. The summed E-state index contributed by atoms with van der Waals surface area (Å²) in [4.78, 5) is 16.7. The molecule has 0 radical (unpaired) electrons. The fourth-order valence-corrected chi connectivity index (χ4v) is 3.03. The van der Waals surface area contributed by atoms with Gasteiger partial charge >= 0.3 is 0 Å². The molecular formula is C12H21NO2. The number of hydrogen-bond acceptors (Lipinski definition) is 2. The third-order valence-corrected chi connectivity index (χ3v) is 4.03. The van der Waals surface area contributed by atoms with Crippen molar-refractivity contribution in [2.45, 2.75) is 32.6 Å². The zero-order valence-electron chi connectivity index (χ0n) is 9.90. The highest BCUT2D eigenvalue weighted by Crippen LogP contribution is 2.55. The molecule has 86 valence electrons. The standard InChI is InChI=1S/C12H21NO2/c1-8(12(14)13(2)15-3)4-9-5-10-7-11(10)6-9/h8-11H,4-7H2,1-3H3/t8-,9?,10-,11+/m0/s1. The third-order valence-electron chi connectivity index (χ3n) is 4.03. The molecule has 0 aromatic rings. The molecular weight excluding hydrogens is 190 g/mol. The SMILES string of the molecule is CON(C)C(=O)[C@@H](C)CC1C[C@@H]2C[C@@H]2C1. The minimum absolute atomic E-state index is 0.109. The molecule has 3 nitrogen and oxygen atoms in total. The largest absolute Gasteiger partial charge is 0.275 e. The van der Waals surface area contributed by atoms with Gasteiger partial charge < -0.3 is 0 Å². The summed E-state index contributed by atoms with van der Waals surface area (Å²) >= 11 is 0. The van der Waals surface area contributed by atoms with E-state index in [1.807, 2.05) is 6.92 Å². The summed E-state index contributed by atoms with van der Waals surface area (Å²) in [6.45, 7) is 2.02. The van der Waals surface area contributed by atoms with Crippen LogP contribution in [0.15, 0.2) is 0 Å². The minimum Gasteiger partial charge on any atom is -0.275 e. The average Bonchev–Trinajstić information content (AvgIpc) is 2.84. The van der Waals surface area contributed by atoms with Crippen LogP contribution in [0.3, 0.4) is 0 Å². The Balaban J connectivity index is 1.76. The highest BCUT2D eigenvalue weighted by Gasteiger charge is 2.46. The molecule has 3 heteroatoms. The van der Waals surface area contributed by atoms with Crippen LogP contribution in [0.5, 0.6) is 0 Å². The number of carbonyl (C=O) groups is 1. The van der Waals surface area contributed by atoms with Crippen LogP contribution < -0.4 is 0 Å².